The van der Waals surface area contributed by atoms with Crippen LogP contribution in [0.5, 0.6) is 0 Å². The minimum absolute atomic E-state index is 0.0639. The second kappa shape index (κ2) is 9.98. The Hall–Kier alpha value is -0.550. The van der Waals surface area contributed by atoms with E-state index in [-0.39, 0.29) is 6.04 Å². The van der Waals surface area contributed by atoms with Gasteiger partial charge in [-0.2, -0.15) is 5.26 Å². The van der Waals surface area contributed by atoms with E-state index in [4.69, 9.17) is 5.26 Å². The van der Waals surface area contributed by atoms with Gasteiger partial charge in [-0.1, -0.05) is 52.9 Å². The standard InChI is InChI=1S/C13H26N2/c1-4-5-6-7-8-9-13(10-14)15-11-12(2)3/h12-13,15H,4-9,11H2,1-3H3. The Bertz CT molecular complexity index is 170. The highest BCUT2D eigenvalue weighted by Crippen LogP contribution is 2.07. The van der Waals surface area contributed by atoms with Gasteiger partial charge in [0.1, 0.15) is 0 Å². The summed E-state index contributed by atoms with van der Waals surface area (Å²) < 4.78 is 0. The van der Waals surface area contributed by atoms with Crippen molar-refractivity contribution in [3.05, 3.63) is 0 Å². The zero-order chi connectivity index (χ0) is 11.5. The summed E-state index contributed by atoms with van der Waals surface area (Å²) in [5.74, 6) is 0.626. The zero-order valence-corrected chi connectivity index (χ0v) is 10.6. The Morgan fingerprint density at radius 2 is 1.80 bits per heavy atom. The maximum Gasteiger partial charge on any atom is 0.0953 e. The highest BCUT2D eigenvalue weighted by molar-refractivity contribution is 4.89. The first-order chi connectivity index (χ1) is 7.20. The van der Waals surface area contributed by atoms with Gasteiger partial charge in [0.15, 0.2) is 0 Å². The summed E-state index contributed by atoms with van der Waals surface area (Å²) in [5, 5.41) is 12.2. The summed E-state index contributed by atoms with van der Waals surface area (Å²) in [5.41, 5.74) is 0. The molecule has 0 heterocycles. The Labute approximate surface area is 95.1 Å². The Morgan fingerprint density at radius 3 is 2.33 bits per heavy atom. The molecule has 0 saturated carbocycles. The lowest BCUT2D eigenvalue weighted by Crippen LogP contribution is -2.30. The van der Waals surface area contributed by atoms with Gasteiger partial charge in [-0.15, -0.1) is 0 Å². The van der Waals surface area contributed by atoms with Crippen LogP contribution in [0.25, 0.3) is 0 Å². The molecule has 1 N–H and O–H groups in total. The van der Waals surface area contributed by atoms with Crippen LogP contribution in [0.4, 0.5) is 0 Å². The summed E-state index contributed by atoms with van der Waals surface area (Å²) in [4.78, 5) is 0. The maximum absolute atomic E-state index is 8.93. The predicted molar refractivity (Wildman–Crippen MR) is 65.6 cm³/mol. The van der Waals surface area contributed by atoms with E-state index in [1.807, 2.05) is 0 Å². The van der Waals surface area contributed by atoms with Crippen molar-refractivity contribution in [2.75, 3.05) is 6.54 Å². The van der Waals surface area contributed by atoms with Gasteiger partial charge in [-0.25, -0.2) is 0 Å². The second-order valence-corrected chi connectivity index (χ2v) is 4.69. The van der Waals surface area contributed by atoms with Gasteiger partial charge in [0.25, 0.3) is 0 Å². The first-order valence-corrected chi connectivity index (χ1v) is 6.33. The van der Waals surface area contributed by atoms with Crippen LogP contribution in [-0.2, 0) is 0 Å². The number of nitriles is 1. The molecule has 1 unspecified atom stereocenters. The summed E-state index contributed by atoms with van der Waals surface area (Å²) in [6.07, 6.45) is 7.40. The van der Waals surface area contributed by atoms with Gasteiger partial charge in [0.05, 0.1) is 12.1 Å². The van der Waals surface area contributed by atoms with Crippen LogP contribution in [0.3, 0.4) is 0 Å². The first kappa shape index (κ1) is 14.5. The second-order valence-electron chi connectivity index (χ2n) is 4.69. The van der Waals surface area contributed by atoms with Gasteiger partial charge < -0.3 is 5.32 Å². The highest BCUT2D eigenvalue weighted by atomic mass is 14.9. The monoisotopic (exact) mass is 210 g/mol. The van der Waals surface area contributed by atoms with Crippen molar-refractivity contribution in [2.24, 2.45) is 5.92 Å². The lowest BCUT2D eigenvalue weighted by Gasteiger charge is -2.12. The van der Waals surface area contributed by atoms with Crippen molar-refractivity contribution in [1.29, 1.82) is 5.26 Å². The molecular formula is C13H26N2. The predicted octanol–water partition coefficient (Wildman–Crippen LogP) is 3.48. The first-order valence-electron chi connectivity index (χ1n) is 6.33. The molecule has 1 atom stereocenters. The molecule has 0 aliphatic heterocycles. The molecule has 0 saturated heterocycles. The number of nitrogens with one attached hydrogen (secondary N) is 1. The van der Waals surface area contributed by atoms with Crippen LogP contribution in [0.2, 0.25) is 0 Å². The van der Waals surface area contributed by atoms with Gasteiger partial charge in [0.2, 0.25) is 0 Å². The van der Waals surface area contributed by atoms with Gasteiger partial charge >= 0.3 is 0 Å². The third-order valence-electron chi connectivity index (χ3n) is 2.52. The zero-order valence-electron chi connectivity index (χ0n) is 10.6. The molecule has 0 radical (unpaired) electrons. The molecule has 0 bridgehead atoms. The van der Waals surface area contributed by atoms with E-state index in [1.165, 1.54) is 32.1 Å². The summed E-state index contributed by atoms with van der Waals surface area (Å²) in [6.45, 7) is 7.51. The molecule has 0 rings (SSSR count). The fourth-order valence-electron chi connectivity index (χ4n) is 1.54. The van der Waals surface area contributed by atoms with Crippen molar-refractivity contribution >= 4 is 0 Å². The fraction of sp³-hybridized carbons (Fsp3) is 0.923. The van der Waals surface area contributed by atoms with Crippen LogP contribution in [0.1, 0.15) is 59.3 Å². The molecule has 15 heavy (non-hydrogen) atoms. The summed E-state index contributed by atoms with van der Waals surface area (Å²) >= 11 is 0. The maximum atomic E-state index is 8.93. The highest BCUT2D eigenvalue weighted by Gasteiger charge is 2.06. The lowest BCUT2D eigenvalue weighted by molar-refractivity contribution is 0.476. The minimum atomic E-state index is 0.0639. The van der Waals surface area contributed by atoms with Crippen molar-refractivity contribution < 1.29 is 0 Å². The normalized spacial score (nSPS) is 12.7. The molecule has 88 valence electrons. The molecule has 2 heteroatoms. The molecular weight excluding hydrogens is 184 g/mol. The summed E-state index contributed by atoms with van der Waals surface area (Å²) in [6, 6.07) is 2.40. The number of hydrogen-bond acceptors (Lipinski definition) is 2. The Kier molecular flexibility index (Phi) is 9.62. The molecule has 0 aromatic rings. The lowest BCUT2D eigenvalue weighted by atomic mass is 10.1. The molecule has 0 aromatic heterocycles. The van der Waals surface area contributed by atoms with Crippen molar-refractivity contribution in [3.8, 4) is 6.07 Å². The minimum Gasteiger partial charge on any atom is -0.302 e. The third kappa shape index (κ3) is 9.75. The van der Waals surface area contributed by atoms with Crippen LogP contribution in [0.15, 0.2) is 0 Å². The van der Waals surface area contributed by atoms with Crippen LogP contribution >= 0.6 is 0 Å². The Balaban J connectivity index is 3.41. The molecule has 0 amide bonds. The number of nitrogens with zero attached hydrogens (tertiary/aromatic N) is 1. The van der Waals surface area contributed by atoms with Crippen LogP contribution < -0.4 is 5.32 Å². The molecule has 0 aromatic carbocycles. The molecule has 0 spiro atoms. The van der Waals surface area contributed by atoms with E-state index >= 15 is 0 Å². The fourth-order valence-corrected chi connectivity index (χ4v) is 1.54. The van der Waals surface area contributed by atoms with Crippen molar-refractivity contribution in [2.45, 2.75) is 65.3 Å². The number of rotatable bonds is 9. The summed E-state index contributed by atoms with van der Waals surface area (Å²) in [7, 11) is 0. The van der Waals surface area contributed by atoms with Crippen LogP contribution in [0, 0.1) is 17.2 Å². The van der Waals surface area contributed by atoms with Gasteiger partial charge in [-0.3, -0.25) is 0 Å². The Morgan fingerprint density at radius 1 is 1.13 bits per heavy atom. The van der Waals surface area contributed by atoms with Crippen molar-refractivity contribution in [1.82, 2.24) is 5.32 Å². The largest absolute Gasteiger partial charge is 0.302 e. The van der Waals surface area contributed by atoms with E-state index in [1.54, 1.807) is 0 Å². The molecule has 0 fully saturated rings. The van der Waals surface area contributed by atoms with E-state index < -0.39 is 0 Å². The average molecular weight is 210 g/mol. The smallest absolute Gasteiger partial charge is 0.0953 e. The van der Waals surface area contributed by atoms with Crippen LogP contribution in [-0.4, -0.2) is 12.6 Å². The van der Waals surface area contributed by atoms with Crippen molar-refractivity contribution in [3.63, 3.8) is 0 Å². The van der Waals surface area contributed by atoms with E-state index in [0.717, 1.165) is 13.0 Å². The average Bonchev–Trinajstić information content (AvgIpc) is 2.22. The number of hydrogen-bond donors (Lipinski definition) is 1. The van der Waals surface area contributed by atoms with Gasteiger partial charge in [-0.05, 0) is 18.9 Å². The number of unbranched alkanes of at least 4 members (excludes halogenated alkanes) is 4. The third-order valence-corrected chi connectivity index (χ3v) is 2.52. The van der Waals surface area contributed by atoms with E-state index in [0.29, 0.717) is 5.92 Å². The molecule has 0 aliphatic rings. The quantitative estimate of drug-likeness (QED) is 0.591. The SMILES string of the molecule is CCCCCCCC(C#N)NCC(C)C. The molecule has 2 nitrogen and oxygen atoms in total. The van der Waals surface area contributed by atoms with E-state index in [2.05, 4.69) is 32.2 Å². The van der Waals surface area contributed by atoms with Gasteiger partial charge in [0, 0.05) is 0 Å². The topological polar surface area (TPSA) is 35.8 Å². The molecule has 0 aliphatic carbocycles. The van der Waals surface area contributed by atoms with E-state index in [9.17, 15) is 0 Å².